The molecule has 0 bridgehead atoms. The van der Waals surface area contributed by atoms with Crippen molar-refractivity contribution in [3.05, 3.63) is 120 Å². The summed E-state index contributed by atoms with van der Waals surface area (Å²) in [6, 6.07) is 31.9. The zero-order valence-electron chi connectivity index (χ0n) is 18.2. The number of halogens is 2. The highest BCUT2D eigenvalue weighted by molar-refractivity contribution is 6.30. The third kappa shape index (κ3) is 4.65. The first-order valence-electron chi connectivity index (χ1n) is 10.8. The highest BCUT2D eigenvalue weighted by Gasteiger charge is 2.15. The van der Waals surface area contributed by atoms with E-state index in [1.807, 2.05) is 84.9 Å². The molecule has 0 atom stereocenters. The number of benzene rings is 4. The minimum absolute atomic E-state index is 0.0395. The first-order chi connectivity index (χ1) is 16.6. The standard InChI is InChI=1S/C28H21ClFN3O/c29-25-16-23(12-15-26(25)30)33-28(17-27(32-33)20-6-10-22(31)11-7-20)21-8-13-24(14-9-21)34-18-19-4-2-1-3-5-19/h1-17H,18,31H2. The number of aromatic nitrogens is 2. The van der Waals surface area contributed by atoms with Crippen molar-refractivity contribution in [1.82, 2.24) is 9.78 Å². The molecule has 0 radical (unpaired) electrons. The van der Waals surface area contributed by atoms with Gasteiger partial charge in [0, 0.05) is 16.8 Å². The summed E-state index contributed by atoms with van der Waals surface area (Å²) in [5.41, 5.74) is 11.7. The van der Waals surface area contributed by atoms with E-state index in [1.165, 1.54) is 6.07 Å². The maximum Gasteiger partial charge on any atom is 0.141 e. The molecule has 0 amide bonds. The maximum absolute atomic E-state index is 13.8. The van der Waals surface area contributed by atoms with Crippen LogP contribution < -0.4 is 10.5 Å². The number of rotatable bonds is 6. The van der Waals surface area contributed by atoms with Crippen LogP contribution in [0.25, 0.3) is 28.2 Å². The minimum atomic E-state index is -0.474. The fraction of sp³-hybridized carbons (Fsp3) is 0.0357. The van der Waals surface area contributed by atoms with Crippen molar-refractivity contribution in [2.24, 2.45) is 0 Å². The molecule has 0 aliphatic carbocycles. The van der Waals surface area contributed by atoms with E-state index in [2.05, 4.69) is 0 Å². The minimum Gasteiger partial charge on any atom is -0.489 e. The third-order valence-electron chi connectivity index (χ3n) is 5.46. The number of hydrogen-bond acceptors (Lipinski definition) is 3. The summed E-state index contributed by atoms with van der Waals surface area (Å²) in [5, 5.41) is 4.83. The Balaban J connectivity index is 1.50. The van der Waals surface area contributed by atoms with Crippen LogP contribution in [0, 0.1) is 5.82 Å². The average Bonchev–Trinajstić information content (AvgIpc) is 3.31. The summed E-state index contributed by atoms with van der Waals surface area (Å²) in [6.07, 6.45) is 0. The smallest absolute Gasteiger partial charge is 0.141 e. The molecule has 34 heavy (non-hydrogen) atoms. The first kappa shape index (κ1) is 21.7. The van der Waals surface area contributed by atoms with Gasteiger partial charge in [0.15, 0.2) is 0 Å². The lowest BCUT2D eigenvalue weighted by Gasteiger charge is -2.10. The molecule has 1 aromatic heterocycles. The summed E-state index contributed by atoms with van der Waals surface area (Å²) in [5.74, 6) is 0.292. The Hall–Kier alpha value is -4.09. The first-order valence-corrected chi connectivity index (χ1v) is 11.1. The number of anilines is 1. The Morgan fingerprint density at radius 1 is 0.824 bits per heavy atom. The van der Waals surface area contributed by atoms with Gasteiger partial charge in [-0.15, -0.1) is 0 Å². The van der Waals surface area contributed by atoms with E-state index in [-0.39, 0.29) is 5.02 Å². The Morgan fingerprint density at radius 2 is 1.53 bits per heavy atom. The van der Waals surface area contributed by atoms with Crippen molar-refractivity contribution in [2.75, 3.05) is 5.73 Å². The number of ether oxygens (including phenoxy) is 1. The van der Waals surface area contributed by atoms with Gasteiger partial charge < -0.3 is 10.5 Å². The highest BCUT2D eigenvalue weighted by atomic mass is 35.5. The van der Waals surface area contributed by atoms with E-state index < -0.39 is 5.82 Å². The van der Waals surface area contributed by atoms with Gasteiger partial charge in [-0.3, -0.25) is 0 Å². The lowest BCUT2D eigenvalue weighted by Crippen LogP contribution is -2.00. The molecule has 4 nitrogen and oxygen atoms in total. The topological polar surface area (TPSA) is 53.1 Å². The van der Waals surface area contributed by atoms with Gasteiger partial charge in [0.2, 0.25) is 0 Å². The molecule has 0 aliphatic heterocycles. The van der Waals surface area contributed by atoms with Gasteiger partial charge in [0.05, 0.1) is 22.1 Å². The van der Waals surface area contributed by atoms with Crippen LogP contribution in [0.15, 0.2) is 103 Å². The van der Waals surface area contributed by atoms with Crippen LogP contribution in [-0.2, 0) is 6.61 Å². The van der Waals surface area contributed by atoms with Crippen molar-refractivity contribution in [3.63, 3.8) is 0 Å². The van der Waals surface area contributed by atoms with Crippen LogP contribution in [0.1, 0.15) is 5.56 Å². The quantitative estimate of drug-likeness (QED) is 0.268. The summed E-state index contributed by atoms with van der Waals surface area (Å²) in [7, 11) is 0. The van der Waals surface area contributed by atoms with Crippen LogP contribution >= 0.6 is 11.6 Å². The lowest BCUT2D eigenvalue weighted by molar-refractivity contribution is 0.306. The van der Waals surface area contributed by atoms with Gasteiger partial charge in [-0.25, -0.2) is 9.07 Å². The number of nitrogens with zero attached hydrogens (tertiary/aromatic N) is 2. The van der Waals surface area contributed by atoms with Gasteiger partial charge in [0.25, 0.3) is 0 Å². The molecule has 0 aliphatic rings. The van der Waals surface area contributed by atoms with E-state index in [4.69, 9.17) is 27.2 Å². The molecule has 0 unspecified atom stereocenters. The molecule has 0 spiro atoms. The van der Waals surface area contributed by atoms with Gasteiger partial charge >= 0.3 is 0 Å². The van der Waals surface area contributed by atoms with Crippen LogP contribution in [0.5, 0.6) is 5.75 Å². The monoisotopic (exact) mass is 469 g/mol. The van der Waals surface area contributed by atoms with E-state index in [0.29, 0.717) is 18.0 Å². The molecule has 0 fully saturated rings. The summed E-state index contributed by atoms with van der Waals surface area (Å²) < 4.78 is 21.5. The summed E-state index contributed by atoms with van der Waals surface area (Å²) in [6.45, 7) is 0.494. The largest absolute Gasteiger partial charge is 0.489 e. The lowest BCUT2D eigenvalue weighted by atomic mass is 10.1. The van der Waals surface area contributed by atoms with Gasteiger partial charge in [-0.1, -0.05) is 54.1 Å². The van der Waals surface area contributed by atoms with Crippen molar-refractivity contribution in [2.45, 2.75) is 6.61 Å². The molecular weight excluding hydrogens is 449 g/mol. The van der Waals surface area contributed by atoms with Crippen LogP contribution in [0.2, 0.25) is 5.02 Å². The number of nitrogens with two attached hydrogens (primary N) is 1. The number of hydrogen-bond donors (Lipinski definition) is 1. The summed E-state index contributed by atoms with van der Waals surface area (Å²) >= 11 is 6.06. The van der Waals surface area contributed by atoms with Crippen LogP contribution in [0.3, 0.4) is 0 Å². The second-order valence-electron chi connectivity index (χ2n) is 7.85. The molecule has 168 valence electrons. The normalized spacial score (nSPS) is 10.9. The Kier molecular flexibility index (Phi) is 6.02. The molecule has 0 saturated carbocycles. The van der Waals surface area contributed by atoms with Crippen molar-refractivity contribution in [3.8, 4) is 34.0 Å². The number of nitrogen functional groups attached to an aromatic ring is 1. The predicted molar refractivity (Wildman–Crippen MR) is 135 cm³/mol. The van der Waals surface area contributed by atoms with Gasteiger partial charge in [-0.05, 0) is 66.2 Å². The molecular formula is C28H21ClFN3O. The van der Waals surface area contributed by atoms with E-state index in [1.54, 1.807) is 16.8 Å². The molecule has 0 saturated heterocycles. The van der Waals surface area contributed by atoms with Crippen molar-refractivity contribution >= 4 is 17.3 Å². The molecule has 5 aromatic rings. The highest BCUT2D eigenvalue weighted by Crippen LogP contribution is 2.31. The summed E-state index contributed by atoms with van der Waals surface area (Å²) in [4.78, 5) is 0. The SMILES string of the molecule is Nc1ccc(-c2cc(-c3ccc(OCc4ccccc4)cc3)n(-c3ccc(F)c(Cl)c3)n2)cc1. The molecule has 5 rings (SSSR count). The van der Waals surface area contributed by atoms with Crippen LogP contribution in [-0.4, -0.2) is 9.78 Å². The second kappa shape index (κ2) is 9.41. The fourth-order valence-electron chi connectivity index (χ4n) is 3.66. The van der Waals surface area contributed by atoms with E-state index in [0.717, 1.165) is 33.8 Å². The molecule has 1 heterocycles. The zero-order chi connectivity index (χ0) is 23.5. The molecule has 4 aromatic carbocycles. The second-order valence-corrected chi connectivity index (χ2v) is 8.25. The zero-order valence-corrected chi connectivity index (χ0v) is 18.9. The Labute approximate surface area is 202 Å². The molecule has 2 N–H and O–H groups in total. The fourth-order valence-corrected chi connectivity index (χ4v) is 3.83. The Bertz CT molecular complexity index is 1420. The van der Waals surface area contributed by atoms with Crippen molar-refractivity contribution in [1.29, 1.82) is 0 Å². The van der Waals surface area contributed by atoms with E-state index >= 15 is 0 Å². The van der Waals surface area contributed by atoms with Crippen molar-refractivity contribution < 1.29 is 9.13 Å². The predicted octanol–water partition coefficient (Wildman–Crippen LogP) is 7.16. The molecule has 6 heteroatoms. The third-order valence-corrected chi connectivity index (χ3v) is 5.75. The van der Waals surface area contributed by atoms with Crippen LogP contribution in [0.4, 0.5) is 10.1 Å². The average molecular weight is 470 g/mol. The maximum atomic E-state index is 13.8. The Morgan fingerprint density at radius 3 is 2.24 bits per heavy atom. The van der Waals surface area contributed by atoms with Gasteiger partial charge in [0.1, 0.15) is 18.2 Å². The van der Waals surface area contributed by atoms with E-state index in [9.17, 15) is 4.39 Å². The van der Waals surface area contributed by atoms with Gasteiger partial charge in [-0.2, -0.15) is 5.10 Å².